The predicted molar refractivity (Wildman–Crippen MR) is 28.3 cm³/mol. The third-order valence-corrected chi connectivity index (χ3v) is 2.84. The summed E-state index contributed by atoms with van der Waals surface area (Å²) in [5, 5.41) is 8.07. The van der Waals surface area contributed by atoms with Crippen LogP contribution >= 0.6 is 15.9 Å². The van der Waals surface area contributed by atoms with Gasteiger partial charge >= 0.3 is 25.3 Å². The third kappa shape index (κ3) is 8.60. The zero-order valence-electron chi connectivity index (χ0n) is 5.15. The summed E-state index contributed by atoms with van der Waals surface area (Å²) in [6.45, 7) is -0.649. The molecule has 0 radical (unpaired) electrons. The number of aliphatic hydroxyl groups excluding tert-OH is 1. The van der Waals surface area contributed by atoms with Crippen molar-refractivity contribution in [1.82, 2.24) is 0 Å². The van der Waals surface area contributed by atoms with Crippen LogP contribution in [0.3, 0.4) is 0 Å². The molecule has 0 aliphatic heterocycles. The second-order valence-corrected chi connectivity index (χ2v) is 4.13. The first-order valence-corrected chi connectivity index (χ1v) is 5.05. The van der Waals surface area contributed by atoms with Crippen molar-refractivity contribution < 1.29 is 45.4 Å². The fourth-order valence-electron chi connectivity index (χ4n) is 0.265. The van der Waals surface area contributed by atoms with Crippen LogP contribution in [0.5, 0.6) is 0 Å². The topological polar surface area (TPSA) is 110 Å². The maximum absolute atomic E-state index is 10.3. The molecule has 11 heavy (non-hydrogen) atoms. The molecule has 0 spiro atoms. The van der Waals surface area contributed by atoms with E-state index in [1.165, 1.54) is 0 Å². The van der Waals surface area contributed by atoms with Crippen molar-refractivity contribution in [2.24, 2.45) is 0 Å². The maximum Gasteiger partial charge on any atom is 2.00 e. The first kappa shape index (κ1) is 14.2. The summed E-state index contributed by atoms with van der Waals surface area (Å²) in [5.41, 5.74) is 0. The van der Waals surface area contributed by atoms with Crippen LogP contribution in [-0.4, -0.2) is 17.9 Å². The molecule has 0 bridgehead atoms. The Morgan fingerprint density at radius 1 is 1.64 bits per heavy atom. The standard InChI is InChI=1S/C2H6O6P2.Fe/c3-1-2-10(6,7)8-9(4)5;/h3H,1-2H2,(H,6,7);/q;+2/p-1. The van der Waals surface area contributed by atoms with Gasteiger partial charge in [-0.05, 0) is 4.57 Å². The van der Waals surface area contributed by atoms with E-state index in [0.29, 0.717) is 0 Å². The minimum atomic E-state index is -4.34. The van der Waals surface area contributed by atoms with Crippen molar-refractivity contribution >= 4 is 15.9 Å². The Morgan fingerprint density at radius 2 is 2.09 bits per heavy atom. The summed E-state index contributed by atoms with van der Waals surface area (Å²) in [7, 11) is -7.73. The predicted octanol–water partition coefficient (Wildman–Crippen LogP) is -1.44. The van der Waals surface area contributed by atoms with Gasteiger partial charge < -0.3 is 19.5 Å². The van der Waals surface area contributed by atoms with E-state index in [2.05, 4.69) is 4.31 Å². The molecular formula is C2H5FeO6P2+. The molecule has 2 atom stereocenters. The fraction of sp³-hybridized carbons (Fsp3) is 1.00. The molecule has 0 saturated heterocycles. The quantitative estimate of drug-likeness (QED) is 0.478. The van der Waals surface area contributed by atoms with Crippen LogP contribution in [-0.2, 0) is 30.5 Å². The van der Waals surface area contributed by atoms with Gasteiger partial charge in [0, 0.05) is 6.16 Å². The van der Waals surface area contributed by atoms with Crippen molar-refractivity contribution in [3.05, 3.63) is 0 Å². The monoisotopic (exact) mass is 243 g/mol. The minimum absolute atomic E-state index is 0. The van der Waals surface area contributed by atoms with Gasteiger partial charge in [0.1, 0.15) is 0 Å². The molecule has 0 aromatic rings. The van der Waals surface area contributed by atoms with Crippen LogP contribution in [0, 0.1) is 0 Å². The SMILES string of the molecule is O=[P+]([O-])OP(=O)([O-])CCO.[Fe+2]. The molecule has 0 heterocycles. The van der Waals surface area contributed by atoms with E-state index in [0.717, 1.165) is 0 Å². The number of hydrogen-bond donors (Lipinski definition) is 1. The molecule has 0 aromatic heterocycles. The zero-order valence-corrected chi connectivity index (χ0v) is 8.04. The second-order valence-electron chi connectivity index (χ2n) is 1.36. The molecular weight excluding hydrogens is 238 g/mol. The molecule has 2 unspecified atom stereocenters. The number of aliphatic hydroxyl groups is 1. The maximum atomic E-state index is 10.3. The molecule has 6 nitrogen and oxygen atoms in total. The van der Waals surface area contributed by atoms with Crippen LogP contribution in [0.4, 0.5) is 0 Å². The minimum Gasteiger partial charge on any atom is -0.775 e. The molecule has 66 valence electrons. The normalized spacial score (nSPS) is 16.5. The number of rotatable bonds is 4. The van der Waals surface area contributed by atoms with Gasteiger partial charge in [-0.2, -0.15) is 0 Å². The largest absolute Gasteiger partial charge is 2.00 e. The molecule has 0 aliphatic rings. The summed E-state index contributed by atoms with van der Waals surface area (Å²) in [6, 6.07) is 0. The molecule has 0 aliphatic carbocycles. The molecule has 1 N–H and O–H groups in total. The Balaban J connectivity index is 0. The average Bonchev–Trinajstić information content (AvgIpc) is 1.59. The Morgan fingerprint density at radius 3 is 2.36 bits per heavy atom. The first-order valence-electron chi connectivity index (χ1n) is 2.23. The summed E-state index contributed by atoms with van der Waals surface area (Å²) >= 11 is 0. The van der Waals surface area contributed by atoms with Crippen molar-refractivity contribution in [2.75, 3.05) is 12.8 Å². The van der Waals surface area contributed by atoms with E-state index in [9.17, 15) is 18.9 Å². The summed E-state index contributed by atoms with van der Waals surface area (Å²) in [6.07, 6.45) is -0.684. The van der Waals surface area contributed by atoms with E-state index in [4.69, 9.17) is 5.11 Å². The van der Waals surface area contributed by atoms with Crippen molar-refractivity contribution in [3.63, 3.8) is 0 Å². The van der Waals surface area contributed by atoms with E-state index >= 15 is 0 Å². The number of hydrogen-bond acceptors (Lipinski definition) is 6. The Bertz CT molecular complexity index is 170. The van der Waals surface area contributed by atoms with Crippen LogP contribution in [0.1, 0.15) is 0 Å². The molecule has 0 aromatic carbocycles. The first-order chi connectivity index (χ1) is 4.48. The van der Waals surface area contributed by atoms with Crippen LogP contribution in [0.15, 0.2) is 0 Å². The fourth-order valence-corrected chi connectivity index (χ4v) is 1.65. The van der Waals surface area contributed by atoms with Gasteiger partial charge in [0.2, 0.25) is 0 Å². The van der Waals surface area contributed by atoms with E-state index in [1.54, 1.807) is 0 Å². The average molecular weight is 243 g/mol. The van der Waals surface area contributed by atoms with Crippen molar-refractivity contribution in [3.8, 4) is 0 Å². The molecule has 0 rings (SSSR count). The van der Waals surface area contributed by atoms with Gasteiger partial charge in [-0.15, -0.1) is 4.31 Å². The molecule has 9 heteroatoms. The van der Waals surface area contributed by atoms with E-state index < -0.39 is 28.6 Å². The third-order valence-electron chi connectivity index (χ3n) is 0.565. The van der Waals surface area contributed by atoms with Crippen LogP contribution < -0.4 is 9.79 Å². The van der Waals surface area contributed by atoms with Gasteiger partial charge in [0.25, 0.3) is 0 Å². The Kier molecular flexibility index (Phi) is 8.06. The zero-order chi connectivity index (χ0) is 8.20. The van der Waals surface area contributed by atoms with Gasteiger partial charge in [0.15, 0.2) is 7.60 Å². The van der Waals surface area contributed by atoms with Crippen LogP contribution in [0.2, 0.25) is 0 Å². The van der Waals surface area contributed by atoms with Crippen molar-refractivity contribution in [1.29, 1.82) is 0 Å². The van der Waals surface area contributed by atoms with Gasteiger partial charge in [-0.25, -0.2) is 0 Å². The smallest absolute Gasteiger partial charge is 0.775 e. The summed E-state index contributed by atoms with van der Waals surface area (Å²) in [4.78, 5) is 20.0. The van der Waals surface area contributed by atoms with Gasteiger partial charge in [-0.3, -0.25) is 0 Å². The van der Waals surface area contributed by atoms with Crippen LogP contribution in [0.25, 0.3) is 0 Å². The molecule has 0 fully saturated rings. The van der Waals surface area contributed by atoms with E-state index in [-0.39, 0.29) is 17.1 Å². The summed E-state index contributed by atoms with van der Waals surface area (Å²) in [5.74, 6) is 0. The summed E-state index contributed by atoms with van der Waals surface area (Å²) < 4.78 is 23.4. The molecule has 0 amide bonds. The van der Waals surface area contributed by atoms with E-state index in [1.807, 2.05) is 0 Å². The Labute approximate surface area is 74.5 Å². The van der Waals surface area contributed by atoms with Gasteiger partial charge in [-0.1, -0.05) is 0 Å². The molecule has 0 saturated carbocycles. The Hall–Kier alpha value is 0.689. The second kappa shape index (κ2) is 6.23. The van der Waals surface area contributed by atoms with Crippen molar-refractivity contribution in [2.45, 2.75) is 0 Å². The van der Waals surface area contributed by atoms with Gasteiger partial charge in [0.05, 0.1) is 6.61 Å².